The summed E-state index contributed by atoms with van der Waals surface area (Å²) in [5, 5.41) is 8.92. The first-order valence-corrected chi connectivity index (χ1v) is 9.17. The van der Waals surface area contributed by atoms with Crippen LogP contribution in [0.2, 0.25) is 0 Å². The van der Waals surface area contributed by atoms with Gasteiger partial charge in [-0.15, -0.1) is 0 Å². The molecule has 2 unspecified atom stereocenters. The molecule has 0 aromatic rings. The maximum Gasteiger partial charge on any atom is 0.317 e. The van der Waals surface area contributed by atoms with Gasteiger partial charge in [-0.25, -0.2) is 0 Å². The first-order chi connectivity index (χ1) is 11.0. The number of amides is 1. The second kappa shape index (κ2) is 10.6. The minimum absolute atomic E-state index is 0.0769. The van der Waals surface area contributed by atoms with Gasteiger partial charge in [-0.2, -0.15) is 0 Å². The Balaban J connectivity index is 2.46. The van der Waals surface area contributed by atoms with Crippen LogP contribution in [0.1, 0.15) is 65.2 Å². The van der Waals surface area contributed by atoms with Gasteiger partial charge in [0.25, 0.3) is 0 Å². The molecule has 1 heterocycles. The molecular weight excluding hydrogens is 292 g/mol. The average Bonchev–Trinajstić information content (AvgIpc) is 2.76. The first-order valence-electron chi connectivity index (χ1n) is 9.17. The summed E-state index contributed by atoms with van der Waals surface area (Å²) in [6, 6.07) is 0.269. The minimum Gasteiger partial charge on any atom is -0.480 e. The van der Waals surface area contributed by atoms with Crippen molar-refractivity contribution in [1.82, 2.24) is 9.80 Å². The summed E-state index contributed by atoms with van der Waals surface area (Å²) < 4.78 is 0. The third-order valence-corrected chi connectivity index (χ3v) is 5.06. The summed E-state index contributed by atoms with van der Waals surface area (Å²) in [6.45, 7) is 6.02. The Labute approximate surface area is 141 Å². The van der Waals surface area contributed by atoms with E-state index in [0.29, 0.717) is 12.3 Å². The maximum atomic E-state index is 12.6. The minimum atomic E-state index is -0.786. The van der Waals surface area contributed by atoms with E-state index >= 15 is 0 Å². The highest BCUT2D eigenvalue weighted by Crippen LogP contribution is 2.21. The Morgan fingerprint density at radius 2 is 2.00 bits per heavy atom. The van der Waals surface area contributed by atoms with Crippen molar-refractivity contribution in [3.8, 4) is 0 Å². The van der Waals surface area contributed by atoms with Crippen molar-refractivity contribution in [2.75, 3.05) is 26.7 Å². The van der Waals surface area contributed by atoms with Crippen molar-refractivity contribution in [3.63, 3.8) is 0 Å². The molecule has 0 aromatic heterocycles. The predicted molar refractivity (Wildman–Crippen MR) is 92.4 cm³/mol. The Hall–Kier alpha value is -1.10. The van der Waals surface area contributed by atoms with Gasteiger partial charge in [-0.05, 0) is 38.6 Å². The molecule has 1 N–H and O–H groups in total. The van der Waals surface area contributed by atoms with Crippen molar-refractivity contribution >= 4 is 11.9 Å². The zero-order valence-corrected chi connectivity index (χ0v) is 15.1. The van der Waals surface area contributed by atoms with E-state index in [9.17, 15) is 9.59 Å². The number of nitrogens with zero attached hydrogens (tertiary/aromatic N) is 2. The molecule has 0 bridgehead atoms. The van der Waals surface area contributed by atoms with E-state index < -0.39 is 5.97 Å². The summed E-state index contributed by atoms with van der Waals surface area (Å²) >= 11 is 0. The molecule has 23 heavy (non-hydrogen) atoms. The largest absolute Gasteiger partial charge is 0.480 e. The van der Waals surface area contributed by atoms with Gasteiger partial charge < -0.3 is 10.0 Å². The van der Waals surface area contributed by atoms with Gasteiger partial charge in [0, 0.05) is 25.6 Å². The van der Waals surface area contributed by atoms with Gasteiger partial charge in [-0.1, -0.05) is 33.1 Å². The summed E-state index contributed by atoms with van der Waals surface area (Å²) in [6.07, 6.45) is 8.10. The first kappa shape index (κ1) is 19.9. The smallest absolute Gasteiger partial charge is 0.317 e. The van der Waals surface area contributed by atoms with E-state index in [0.717, 1.165) is 45.2 Å². The molecule has 0 aliphatic carbocycles. The van der Waals surface area contributed by atoms with Gasteiger partial charge in [0.1, 0.15) is 0 Å². The number of hydrogen-bond acceptors (Lipinski definition) is 3. The zero-order valence-electron chi connectivity index (χ0n) is 15.1. The Kier molecular flexibility index (Phi) is 9.22. The third kappa shape index (κ3) is 7.34. The number of hydrogen-bond donors (Lipinski definition) is 1. The molecule has 0 radical (unpaired) electrons. The highest BCUT2D eigenvalue weighted by Gasteiger charge is 2.25. The van der Waals surface area contributed by atoms with Crippen molar-refractivity contribution in [2.45, 2.75) is 71.3 Å². The van der Waals surface area contributed by atoms with E-state index in [2.05, 4.69) is 13.8 Å². The Morgan fingerprint density at radius 1 is 1.26 bits per heavy atom. The fourth-order valence-electron chi connectivity index (χ4n) is 3.43. The van der Waals surface area contributed by atoms with Crippen molar-refractivity contribution in [2.24, 2.45) is 5.92 Å². The number of likely N-dealkylation sites (N-methyl/N-ethyl adjacent to an activating group) is 1. The highest BCUT2D eigenvalue weighted by molar-refractivity contribution is 5.76. The second-order valence-corrected chi connectivity index (χ2v) is 6.89. The van der Waals surface area contributed by atoms with Crippen LogP contribution in [0.15, 0.2) is 0 Å². The zero-order chi connectivity index (χ0) is 17.2. The lowest BCUT2D eigenvalue weighted by molar-refractivity contribution is -0.138. The van der Waals surface area contributed by atoms with Gasteiger partial charge in [0.15, 0.2) is 0 Å². The number of aliphatic carboxylic acids is 1. The maximum absolute atomic E-state index is 12.6. The highest BCUT2D eigenvalue weighted by atomic mass is 16.4. The normalized spacial score (nSPS) is 20.3. The van der Waals surface area contributed by atoms with Crippen LogP contribution >= 0.6 is 0 Å². The van der Waals surface area contributed by atoms with Gasteiger partial charge in [-0.3, -0.25) is 14.5 Å². The molecule has 5 heteroatoms. The number of likely N-dealkylation sites (tertiary alicyclic amines) is 1. The van der Waals surface area contributed by atoms with Crippen LogP contribution < -0.4 is 0 Å². The van der Waals surface area contributed by atoms with E-state index in [-0.39, 0.29) is 18.5 Å². The fourth-order valence-corrected chi connectivity index (χ4v) is 3.43. The number of carbonyl (C=O) groups excluding carboxylic acids is 1. The number of unbranched alkanes of at least 4 members (excludes halogenated alkanes) is 1. The lowest BCUT2D eigenvalue weighted by Crippen LogP contribution is -2.37. The van der Waals surface area contributed by atoms with Gasteiger partial charge >= 0.3 is 5.97 Å². The van der Waals surface area contributed by atoms with Crippen LogP contribution in [0.5, 0.6) is 0 Å². The lowest BCUT2D eigenvalue weighted by atomic mass is 9.95. The fraction of sp³-hybridized carbons (Fsp3) is 0.889. The van der Waals surface area contributed by atoms with Gasteiger partial charge in [0.05, 0.1) is 6.54 Å². The third-order valence-electron chi connectivity index (χ3n) is 5.06. The van der Waals surface area contributed by atoms with E-state index in [4.69, 9.17) is 5.11 Å². The molecule has 1 fully saturated rings. The number of carboxylic acid groups (broad SMARTS) is 1. The van der Waals surface area contributed by atoms with E-state index in [1.807, 2.05) is 16.8 Å². The Morgan fingerprint density at radius 3 is 2.61 bits per heavy atom. The van der Waals surface area contributed by atoms with Crippen molar-refractivity contribution in [3.05, 3.63) is 0 Å². The molecule has 5 nitrogen and oxygen atoms in total. The van der Waals surface area contributed by atoms with Crippen LogP contribution in [0.4, 0.5) is 0 Å². The number of carboxylic acids is 1. The summed E-state index contributed by atoms with van der Waals surface area (Å²) in [5.41, 5.74) is 0. The summed E-state index contributed by atoms with van der Waals surface area (Å²) in [5.74, 6) is 0.0112. The number of rotatable bonds is 9. The number of carbonyl (C=O) groups is 2. The average molecular weight is 326 g/mol. The second-order valence-electron chi connectivity index (χ2n) is 6.89. The molecule has 1 aliphatic heterocycles. The quantitative estimate of drug-likeness (QED) is 0.707. The van der Waals surface area contributed by atoms with Crippen LogP contribution in [0.25, 0.3) is 0 Å². The molecule has 1 aliphatic rings. The van der Waals surface area contributed by atoms with Crippen LogP contribution in [0, 0.1) is 5.92 Å². The topological polar surface area (TPSA) is 60.9 Å². The standard InChI is InChI=1S/C18H34N2O3/c1-4-6-8-15(5-2)13-17(21)20-11-7-9-16(10-12-20)19(3)14-18(22)23/h15-16H,4-14H2,1-3H3,(H,22,23). The van der Waals surface area contributed by atoms with Crippen molar-refractivity contribution in [1.29, 1.82) is 0 Å². The SMILES string of the molecule is CCCCC(CC)CC(=O)N1CCCC(N(C)CC(=O)O)CC1. The molecular formula is C18H34N2O3. The summed E-state index contributed by atoms with van der Waals surface area (Å²) in [4.78, 5) is 27.3. The summed E-state index contributed by atoms with van der Waals surface area (Å²) in [7, 11) is 1.87. The molecule has 1 rings (SSSR count). The van der Waals surface area contributed by atoms with E-state index in [1.165, 1.54) is 12.8 Å². The van der Waals surface area contributed by atoms with Crippen LogP contribution in [-0.2, 0) is 9.59 Å². The van der Waals surface area contributed by atoms with E-state index in [1.54, 1.807) is 0 Å². The molecule has 0 saturated carbocycles. The predicted octanol–water partition coefficient (Wildman–Crippen LogP) is 2.99. The molecule has 2 atom stereocenters. The molecule has 1 saturated heterocycles. The molecule has 0 aromatic carbocycles. The molecule has 134 valence electrons. The van der Waals surface area contributed by atoms with Crippen LogP contribution in [0.3, 0.4) is 0 Å². The Bertz CT molecular complexity index is 373. The van der Waals surface area contributed by atoms with Crippen LogP contribution in [-0.4, -0.2) is 59.5 Å². The van der Waals surface area contributed by atoms with Gasteiger partial charge in [0.2, 0.25) is 5.91 Å². The monoisotopic (exact) mass is 326 g/mol. The molecule has 0 spiro atoms. The lowest BCUT2D eigenvalue weighted by Gasteiger charge is -2.26. The molecule has 1 amide bonds. The van der Waals surface area contributed by atoms with Crippen molar-refractivity contribution < 1.29 is 14.7 Å².